The molecule has 0 aliphatic carbocycles. The predicted octanol–water partition coefficient (Wildman–Crippen LogP) is 3.85. The van der Waals surface area contributed by atoms with Gasteiger partial charge in [0.25, 0.3) is 0 Å². The van der Waals surface area contributed by atoms with E-state index in [9.17, 15) is 13.2 Å². The zero-order valence-electron chi connectivity index (χ0n) is 10.5. The van der Waals surface area contributed by atoms with Crippen molar-refractivity contribution in [3.63, 3.8) is 0 Å². The topological polar surface area (TPSA) is 9.23 Å². The quantitative estimate of drug-likeness (QED) is 0.555. The molecule has 1 saturated heterocycles. The molecule has 0 aromatic rings. The van der Waals surface area contributed by atoms with Crippen LogP contribution in [0.5, 0.6) is 0 Å². The zero-order chi connectivity index (χ0) is 12.9. The number of hydrogen-bond acceptors (Lipinski definition) is 1. The van der Waals surface area contributed by atoms with E-state index in [1.165, 1.54) is 0 Å². The van der Waals surface area contributed by atoms with Crippen LogP contribution in [0.1, 0.15) is 32.6 Å². The van der Waals surface area contributed by atoms with E-state index in [0.717, 1.165) is 19.3 Å². The van der Waals surface area contributed by atoms with Gasteiger partial charge < -0.3 is 4.74 Å². The van der Waals surface area contributed by atoms with Gasteiger partial charge >= 0.3 is 6.18 Å². The molecule has 1 heterocycles. The van der Waals surface area contributed by atoms with Gasteiger partial charge in [0.15, 0.2) is 0 Å². The highest BCUT2D eigenvalue weighted by molar-refractivity contribution is 6.61. The van der Waals surface area contributed by atoms with Crippen molar-refractivity contribution in [3.8, 4) is 0 Å². The third-order valence-corrected chi connectivity index (χ3v) is 6.95. The molecule has 100 valence electrons. The van der Waals surface area contributed by atoms with E-state index < -0.39 is 21.4 Å². The first-order chi connectivity index (χ1) is 7.90. The van der Waals surface area contributed by atoms with Gasteiger partial charge in [-0.15, -0.1) is 0 Å². The minimum absolute atomic E-state index is 0.272. The van der Waals surface area contributed by atoms with Gasteiger partial charge in [-0.1, -0.05) is 18.7 Å². The minimum Gasteiger partial charge on any atom is -0.375 e. The molecule has 1 nitrogen and oxygen atoms in total. The molecule has 1 aliphatic heterocycles. The molecule has 0 amide bonds. The SMILES string of the molecule is CC=CC1([SiH](C)CCC(F)(F)F)CCCCO1. The van der Waals surface area contributed by atoms with Crippen LogP contribution >= 0.6 is 0 Å². The Balaban J connectivity index is 2.63. The Bertz CT molecular complexity index is 257. The van der Waals surface area contributed by atoms with Crippen molar-refractivity contribution in [1.82, 2.24) is 0 Å². The first-order valence-electron chi connectivity index (χ1n) is 6.24. The molecule has 1 fully saturated rings. The van der Waals surface area contributed by atoms with E-state index in [0.29, 0.717) is 6.61 Å². The van der Waals surface area contributed by atoms with Crippen molar-refractivity contribution < 1.29 is 17.9 Å². The Morgan fingerprint density at radius 2 is 2.06 bits per heavy atom. The molecule has 1 rings (SSSR count). The van der Waals surface area contributed by atoms with Crippen LogP contribution < -0.4 is 0 Å². The molecule has 0 N–H and O–H groups in total. The highest BCUT2D eigenvalue weighted by Gasteiger charge is 2.39. The maximum Gasteiger partial charge on any atom is 0.388 e. The maximum absolute atomic E-state index is 12.3. The van der Waals surface area contributed by atoms with Gasteiger partial charge in [-0.05, 0) is 32.2 Å². The number of rotatable bonds is 4. The van der Waals surface area contributed by atoms with Crippen molar-refractivity contribution in [1.29, 1.82) is 0 Å². The molecule has 2 unspecified atom stereocenters. The summed E-state index contributed by atoms with van der Waals surface area (Å²) in [6, 6.07) is 0.272. The molecule has 0 aromatic heterocycles. The first kappa shape index (κ1) is 14.8. The van der Waals surface area contributed by atoms with Crippen LogP contribution in [-0.2, 0) is 4.74 Å². The minimum atomic E-state index is -4.03. The Kier molecular flexibility index (Phi) is 5.25. The van der Waals surface area contributed by atoms with Gasteiger partial charge in [0.05, 0.1) is 14.0 Å². The molecular weight excluding hydrogens is 245 g/mol. The lowest BCUT2D eigenvalue weighted by molar-refractivity contribution is -0.131. The second-order valence-corrected chi connectivity index (χ2v) is 8.17. The highest BCUT2D eigenvalue weighted by Crippen LogP contribution is 2.33. The van der Waals surface area contributed by atoms with Crippen LogP contribution in [0, 0.1) is 0 Å². The monoisotopic (exact) mass is 266 g/mol. The maximum atomic E-state index is 12.3. The van der Waals surface area contributed by atoms with Gasteiger partial charge in [0.2, 0.25) is 0 Å². The van der Waals surface area contributed by atoms with Crippen molar-refractivity contribution in [2.45, 2.75) is 56.6 Å². The van der Waals surface area contributed by atoms with Crippen LogP contribution in [0.3, 0.4) is 0 Å². The van der Waals surface area contributed by atoms with Gasteiger partial charge in [0.1, 0.15) is 0 Å². The third-order valence-electron chi connectivity index (χ3n) is 3.48. The summed E-state index contributed by atoms with van der Waals surface area (Å²) in [7, 11) is -1.57. The smallest absolute Gasteiger partial charge is 0.375 e. The average Bonchev–Trinajstić information content (AvgIpc) is 2.26. The lowest BCUT2D eigenvalue weighted by Crippen LogP contribution is -2.47. The molecule has 5 heteroatoms. The lowest BCUT2D eigenvalue weighted by Gasteiger charge is -2.39. The molecule has 0 saturated carbocycles. The largest absolute Gasteiger partial charge is 0.388 e. The summed E-state index contributed by atoms with van der Waals surface area (Å²) in [5.41, 5.74) is 0. The number of halogens is 3. The summed E-state index contributed by atoms with van der Waals surface area (Å²) in [6.45, 7) is 4.59. The third kappa shape index (κ3) is 4.47. The highest BCUT2D eigenvalue weighted by atomic mass is 28.3. The molecule has 0 bridgehead atoms. The molecular formula is C12H21F3OSi. The molecule has 2 atom stereocenters. The molecule has 17 heavy (non-hydrogen) atoms. The summed E-state index contributed by atoms with van der Waals surface area (Å²) in [5, 5.41) is -0.335. The van der Waals surface area contributed by atoms with Gasteiger partial charge in [0, 0.05) is 13.0 Å². The number of alkyl halides is 3. The summed E-state index contributed by atoms with van der Waals surface area (Å²) < 4.78 is 42.6. The lowest BCUT2D eigenvalue weighted by atomic mass is 10.1. The van der Waals surface area contributed by atoms with E-state index in [2.05, 4.69) is 0 Å². The Hall–Kier alpha value is -0.293. The van der Waals surface area contributed by atoms with Crippen molar-refractivity contribution in [2.75, 3.05) is 6.61 Å². The van der Waals surface area contributed by atoms with E-state index in [-0.39, 0.29) is 11.3 Å². The number of hydrogen-bond donors (Lipinski definition) is 0. The van der Waals surface area contributed by atoms with Gasteiger partial charge in [-0.3, -0.25) is 0 Å². The van der Waals surface area contributed by atoms with Crippen LogP contribution in [0.25, 0.3) is 0 Å². The van der Waals surface area contributed by atoms with Crippen molar-refractivity contribution in [3.05, 3.63) is 12.2 Å². The summed E-state index contributed by atoms with van der Waals surface area (Å²) in [6.07, 6.45) is 2.20. The fourth-order valence-corrected chi connectivity index (χ4v) is 5.30. The van der Waals surface area contributed by atoms with E-state index in [1.54, 1.807) is 0 Å². The first-order valence-corrected chi connectivity index (χ1v) is 8.79. The zero-order valence-corrected chi connectivity index (χ0v) is 11.7. The van der Waals surface area contributed by atoms with E-state index in [4.69, 9.17) is 4.74 Å². The van der Waals surface area contributed by atoms with E-state index in [1.807, 2.05) is 25.6 Å². The van der Waals surface area contributed by atoms with Crippen LogP contribution in [0.2, 0.25) is 12.6 Å². The molecule has 0 aromatic carbocycles. The Labute approximate surface area is 103 Å². The Morgan fingerprint density at radius 3 is 2.53 bits per heavy atom. The fraction of sp³-hybridized carbons (Fsp3) is 0.833. The number of ether oxygens (including phenoxy) is 1. The second-order valence-electron chi connectivity index (χ2n) is 4.82. The average molecular weight is 266 g/mol. The van der Waals surface area contributed by atoms with Crippen LogP contribution in [0.15, 0.2) is 12.2 Å². The van der Waals surface area contributed by atoms with E-state index >= 15 is 0 Å². The van der Waals surface area contributed by atoms with Crippen LogP contribution in [0.4, 0.5) is 13.2 Å². The molecule has 1 aliphatic rings. The Morgan fingerprint density at radius 1 is 1.35 bits per heavy atom. The van der Waals surface area contributed by atoms with Crippen LogP contribution in [-0.4, -0.2) is 26.8 Å². The second kappa shape index (κ2) is 6.04. The summed E-state index contributed by atoms with van der Waals surface area (Å²) in [4.78, 5) is 0. The standard InChI is InChI=1S/C12H21F3OSi/c1-3-6-11(7-4-5-9-16-11)17(2)10-8-12(13,14)15/h3,6,17H,4-5,7-10H2,1-2H3. The van der Waals surface area contributed by atoms with Gasteiger partial charge in [-0.2, -0.15) is 13.2 Å². The predicted molar refractivity (Wildman–Crippen MR) is 65.8 cm³/mol. The van der Waals surface area contributed by atoms with Gasteiger partial charge in [-0.25, -0.2) is 0 Å². The molecule has 0 radical (unpaired) electrons. The fourth-order valence-electron chi connectivity index (χ4n) is 2.43. The van der Waals surface area contributed by atoms with Crippen molar-refractivity contribution >= 4 is 8.80 Å². The normalized spacial score (nSPS) is 28.5. The number of allylic oxidation sites excluding steroid dienone is 1. The molecule has 0 spiro atoms. The summed E-state index contributed by atoms with van der Waals surface area (Å²) >= 11 is 0. The summed E-state index contributed by atoms with van der Waals surface area (Å²) in [5.74, 6) is 0. The van der Waals surface area contributed by atoms with Crippen molar-refractivity contribution in [2.24, 2.45) is 0 Å².